The first-order chi connectivity index (χ1) is 12.7. The molecule has 0 unspecified atom stereocenters. The van der Waals surface area contributed by atoms with E-state index < -0.39 is 28.3 Å². The van der Waals surface area contributed by atoms with Gasteiger partial charge in [0.25, 0.3) is 5.91 Å². The van der Waals surface area contributed by atoms with Crippen molar-refractivity contribution in [1.29, 1.82) is 0 Å². The lowest BCUT2D eigenvalue weighted by Crippen LogP contribution is -2.31. The van der Waals surface area contributed by atoms with Gasteiger partial charge in [0.15, 0.2) is 16.4 Å². The molecule has 0 aliphatic heterocycles. The van der Waals surface area contributed by atoms with Gasteiger partial charge in [-0.15, -0.1) is 0 Å². The number of rotatable bonds is 7. The highest BCUT2D eigenvalue weighted by Crippen LogP contribution is 2.18. The largest absolute Gasteiger partial charge is 0.452 e. The van der Waals surface area contributed by atoms with Crippen LogP contribution in [-0.2, 0) is 25.9 Å². The fraction of sp³-hybridized carbons (Fsp3) is 0.263. The van der Waals surface area contributed by atoms with Gasteiger partial charge in [-0.2, -0.15) is 0 Å². The topological polar surface area (TPSA) is 80.7 Å². The van der Waals surface area contributed by atoms with Crippen LogP contribution in [0.3, 0.4) is 0 Å². The number of carbonyl (C=O) groups is 2. The van der Waals surface area contributed by atoms with E-state index in [1.165, 1.54) is 55.3 Å². The molecule has 0 radical (unpaired) electrons. The van der Waals surface area contributed by atoms with Crippen LogP contribution in [0.5, 0.6) is 0 Å². The monoisotopic (exact) mass is 393 g/mol. The van der Waals surface area contributed by atoms with Gasteiger partial charge in [-0.1, -0.05) is 31.2 Å². The van der Waals surface area contributed by atoms with Gasteiger partial charge in [-0.25, -0.2) is 17.6 Å². The summed E-state index contributed by atoms with van der Waals surface area (Å²) in [4.78, 5) is 25.6. The Balaban J connectivity index is 2.01. The van der Waals surface area contributed by atoms with Crippen LogP contribution >= 0.6 is 0 Å². The highest BCUT2D eigenvalue weighted by molar-refractivity contribution is 7.91. The SMILES string of the molecule is CCS(=O)(=O)c1ccccc1C(=O)OCC(=O)N(C)Cc1ccc(F)cc1. The molecule has 0 bridgehead atoms. The van der Waals surface area contributed by atoms with E-state index in [1.807, 2.05) is 0 Å². The lowest BCUT2D eigenvalue weighted by molar-refractivity contribution is -0.133. The summed E-state index contributed by atoms with van der Waals surface area (Å²) in [5.41, 5.74) is 0.617. The number of nitrogens with zero attached hydrogens (tertiary/aromatic N) is 1. The van der Waals surface area contributed by atoms with E-state index in [9.17, 15) is 22.4 Å². The maximum absolute atomic E-state index is 12.9. The van der Waals surface area contributed by atoms with Gasteiger partial charge in [-0.3, -0.25) is 4.79 Å². The van der Waals surface area contributed by atoms with Crippen molar-refractivity contribution < 1.29 is 27.1 Å². The molecule has 6 nitrogen and oxygen atoms in total. The fourth-order valence-electron chi connectivity index (χ4n) is 2.33. The Bertz CT molecular complexity index is 925. The quantitative estimate of drug-likeness (QED) is 0.675. The average Bonchev–Trinajstić information content (AvgIpc) is 2.67. The molecule has 1 amide bonds. The Morgan fingerprint density at radius 1 is 1.07 bits per heavy atom. The highest BCUT2D eigenvalue weighted by Gasteiger charge is 2.22. The minimum atomic E-state index is -3.60. The van der Waals surface area contributed by atoms with Crippen LogP contribution in [0, 0.1) is 5.82 Å². The number of hydrogen-bond donors (Lipinski definition) is 0. The number of esters is 1. The lowest BCUT2D eigenvalue weighted by atomic mass is 10.2. The van der Waals surface area contributed by atoms with Crippen molar-refractivity contribution in [3.63, 3.8) is 0 Å². The van der Waals surface area contributed by atoms with Crippen LogP contribution in [0.25, 0.3) is 0 Å². The van der Waals surface area contributed by atoms with Crippen LogP contribution in [-0.4, -0.2) is 44.6 Å². The van der Waals surface area contributed by atoms with Gasteiger partial charge in [-0.05, 0) is 29.8 Å². The molecule has 144 valence electrons. The molecule has 0 saturated carbocycles. The zero-order chi connectivity index (χ0) is 20.0. The summed E-state index contributed by atoms with van der Waals surface area (Å²) in [6.45, 7) is 1.17. The van der Waals surface area contributed by atoms with Crippen LogP contribution in [0.1, 0.15) is 22.8 Å². The van der Waals surface area contributed by atoms with E-state index in [4.69, 9.17) is 4.74 Å². The van der Waals surface area contributed by atoms with E-state index in [2.05, 4.69) is 0 Å². The molecule has 0 saturated heterocycles. The minimum absolute atomic E-state index is 0.103. The predicted octanol–water partition coefficient (Wildman–Crippen LogP) is 2.43. The van der Waals surface area contributed by atoms with Crippen LogP contribution in [0.2, 0.25) is 0 Å². The summed E-state index contributed by atoms with van der Waals surface area (Å²) in [5.74, 6) is -1.88. The molecular weight excluding hydrogens is 373 g/mol. The summed E-state index contributed by atoms with van der Waals surface area (Å²) in [7, 11) is -2.08. The van der Waals surface area contributed by atoms with Gasteiger partial charge < -0.3 is 9.64 Å². The summed E-state index contributed by atoms with van der Waals surface area (Å²) in [6, 6.07) is 11.4. The molecule has 0 aliphatic rings. The van der Waals surface area contributed by atoms with Gasteiger partial charge >= 0.3 is 5.97 Å². The third-order valence-electron chi connectivity index (χ3n) is 3.91. The number of halogens is 1. The Kier molecular flexibility index (Phi) is 6.68. The third kappa shape index (κ3) is 5.37. The van der Waals surface area contributed by atoms with Crippen molar-refractivity contribution in [3.05, 3.63) is 65.5 Å². The van der Waals surface area contributed by atoms with Crippen molar-refractivity contribution in [2.24, 2.45) is 0 Å². The van der Waals surface area contributed by atoms with Crippen molar-refractivity contribution >= 4 is 21.7 Å². The second-order valence-electron chi connectivity index (χ2n) is 5.85. The summed E-state index contributed by atoms with van der Waals surface area (Å²) < 4.78 is 42.1. The minimum Gasteiger partial charge on any atom is -0.452 e. The van der Waals surface area contributed by atoms with Crippen molar-refractivity contribution in [1.82, 2.24) is 4.90 Å². The second-order valence-corrected chi connectivity index (χ2v) is 8.10. The summed E-state index contributed by atoms with van der Waals surface area (Å²) >= 11 is 0. The summed E-state index contributed by atoms with van der Waals surface area (Å²) in [6.07, 6.45) is 0. The van der Waals surface area contributed by atoms with Crippen molar-refractivity contribution in [2.75, 3.05) is 19.4 Å². The van der Waals surface area contributed by atoms with Crippen LogP contribution < -0.4 is 0 Å². The van der Waals surface area contributed by atoms with E-state index in [1.54, 1.807) is 12.1 Å². The molecule has 2 aromatic carbocycles. The maximum atomic E-state index is 12.9. The molecule has 2 aromatic rings. The van der Waals surface area contributed by atoms with Crippen LogP contribution in [0.4, 0.5) is 4.39 Å². The molecule has 0 fully saturated rings. The molecule has 0 spiro atoms. The fourth-order valence-corrected chi connectivity index (χ4v) is 3.41. The van der Waals surface area contributed by atoms with Gasteiger partial charge in [0.2, 0.25) is 0 Å². The molecule has 0 aromatic heterocycles. The number of hydrogen-bond acceptors (Lipinski definition) is 5. The molecule has 0 atom stereocenters. The predicted molar refractivity (Wildman–Crippen MR) is 97.3 cm³/mol. The lowest BCUT2D eigenvalue weighted by Gasteiger charge is -2.17. The smallest absolute Gasteiger partial charge is 0.339 e. The number of carbonyl (C=O) groups excluding carboxylic acids is 2. The van der Waals surface area contributed by atoms with E-state index in [-0.39, 0.29) is 28.6 Å². The molecule has 8 heteroatoms. The zero-order valence-electron chi connectivity index (χ0n) is 15.0. The standard InChI is InChI=1S/C19H20FNO5S/c1-3-27(24,25)17-7-5-4-6-16(17)19(23)26-13-18(22)21(2)12-14-8-10-15(20)11-9-14/h4-11H,3,12-13H2,1-2H3. The molecule has 2 rings (SSSR count). The third-order valence-corrected chi connectivity index (χ3v) is 5.69. The number of amides is 1. The molecule has 0 aliphatic carbocycles. The normalized spacial score (nSPS) is 11.1. The molecule has 0 heterocycles. The Labute approximate surface area is 157 Å². The van der Waals surface area contributed by atoms with Crippen molar-refractivity contribution in [2.45, 2.75) is 18.4 Å². The van der Waals surface area contributed by atoms with E-state index in [0.717, 1.165) is 5.56 Å². The van der Waals surface area contributed by atoms with E-state index in [0.29, 0.717) is 0 Å². The van der Waals surface area contributed by atoms with E-state index >= 15 is 0 Å². The van der Waals surface area contributed by atoms with Crippen LogP contribution in [0.15, 0.2) is 53.4 Å². The second kappa shape index (κ2) is 8.77. The van der Waals surface area contributed by atoms with Gasteiger partial charge in [0.1, 0.15) is 5.82 Å². The number of sulfone groups is 1. The first-order valence-corrected chi connectivity index (χ1v) is 9.87. The molecular formula is C19H20FNO5S. The zero-order valence-corrected chi connectivity index (χ0v) is 15.8. The molecule has 27 heavy (non-hydrogen) atoms. The van der Waals surface area contributed by atoms with Gasteiger partial charge in [0.05, 0.1) is 16.2 Å². The average molecular weight is 393 g/mol. The highest BCUT2D eigenvalue weighted by atomic mass is 32.2. The number of ether oxygens (including phenoxy) is 1. The Hall–Kier alpha value is -2.74. The summed E-state index contributed by atoms with van der Waals surface area (Å²) in [5, 5.41) is 0. The van der Waals surface area contributed by atoms with Gasteiger partial charge in [0, 0.05) is 13.6 Å². The molecule has 0 N–H and O–H groups in total. The number of likely N-dealkylation sites (N-methyl/N-ethyl adjacent to an activating group) is 1. The Morgan fingerprint density at radius 2 is 1.70 bits per heavy atom. The first-order valence-electron chi connectivity index (χ1n) is 8.22. The van der Waals surface area contributed by atoms with Crippen molar-refractivity contribution in [3.8, 4) is 0 Å². The Morgan fingerprint density at radius 3 is 2.33 bits per heavy atom. The maximum Gasteiger partial charge on any atom is 0.339 e. The first kappa shape index (κ1) is 20.6. The number of benzene rings is 2.